The summed E-state index contributed by atoms with van der Waals surface area (Å²) >= 11 is 1.55. The van der Waals surface area contributed by atoms with Crippen molar-refractivity contribution in [2.45, 2.75) is 17.9 Å². The average Bonchev–Trinajstić information content (AvgIpc) is 3.10. The number of benzene rings is 2. The summed E-state index contributed by atoms with van der Waals surface area (Å²) in [6, 6.07) is 13.7. The molecule has 1 atom stereocenters. The van der Waals surface area contributed by atoms with E-state index in [1.807, 2.05) is 31.2 Å². The topological polar surface area (TPSA) is 70.6 Å². The second-order valence-electron chi connectivity index (χ2n) is 6.43. The van der Waals surface area contributed by atoms with E-state index in [2.05, 4.69) is 4.98 Å². The number of amides is 1. The van der Waals surface area contributed by atoms with Gasteiger partial charge >= 0.3 is 0 Å². The van der Waals surface area contributed by atoms with Crippen LogP contribution in [0.3, 0.4) is 0 Å². The Morgan fingerprint density at radius 2 is 1.78 bits per heavy atom. The van der Waals surface area contributed by atoms with Gasteiger partial charge in [0, 0.05) is 26.7 Å². The first-order chi connectivity index (χ1) is 12.7. The van der Waals surface area contributed by atoms with Gasteiger partial charge in [0.05, 0.1) is 21.2 Å². The molecule has 3 aromatic rings. The van der Waals surface area contributed by atoms with Crippen molar-refractivity contribution in [3.05, 3.63) is 59.1 Å². The van der Waals surface area contributed by atoms with Gasteiger partial charge < -0.3 is 4.90 Å². The highest BCUT2D eigenvalue weighted by molar-refractivity contribution is 7.89. The first-order valence-electron chi connectivity index (χ1n) is 8.37. The van der Waals surface area contributed by atoms with E-state index in [1.165, 1.54) is 26.2 Å². The van der Waals surface area contributed by atoms with Crippen molar-refractivity contribution < 1.29 is 13.2 Å². The van der Waals surface area contributed by atoms with Crippen LogP contribution in [0.4, 0.5) is 0 Å². The molecule has 0 N–H and O–H groups in total. The maximum Gasteiger partial charge on any atom is 0.254 e. The molecule has 6 nitrogen and oxygen atoms in total. The van der Waals surface area contributed by atoms with Crippen LogP contribution in [0.2, 0.25) is 0 Å². The number of fused-ring (bicyclic) bond motifs is 1. The molecular weight excluding hydrogens is 382 g/mol. The molecule has 0 aliphatic rings. The van der Waals surface area contributed by atoms with Gasteiger partial charge in [-0.05, 0) is 37.3 Å². The number of nitrogens with zero attached hydrogens (tertiary/aromatic N) is 3. The summed E-state index contributed by atoms with van der Waals surface area (Å²) in [5.74, 6) is -0.252. The van der Waals surface area contributed by atoms with Gasteiger partial charge in [0.25, 0.3) is 5.91 Å². The second kappa shape index (κ2) is 7.38. The molecule has 0 unspecified atom stereocenters. The number of para-hydroxylation sites is 1. The number of sulfonamides is 1. The zero-order valence-electron chi connectivity index (χ0n) is 15.6. The fourth-order valence-corrected chi connectivity index (χ4v) is 4.63. The Kier molecular flexibility index (Phi) is 5.32. The van der Waals surface area contributed by atoms with Crippen LogP contribution in [0.1, 0.15) is 28.3 Å². The van der Waals surface area contributed by atoms with E-state index < -0.39 is 10.0 Å². The van der Waals surface area contributed by atoms with Gasteiger partial charge in [-0.3, -0.25) is 4.79 Å². The van der Waals surface area contributed by atoms with E-state index >= 15 is 0 Å². The van der Waals surface area contributed by atoms with Crippen molar-refractivity contribution in [2.75, 3.05) is 21.1 Å². The van der Waals surface area contributed by atoms with E-state index in [-0.39, 0.29) is 16.8 Å². The molecule has 1 heterocycles. The Balaban J connectivity index is 1.89. The number of carbonyl (C=O) groups excluding carboxylic acids is 1. The maximum absolute atomic E-state index is 12.9. The lowest BCUT2D eigenvalue weighted by atomic mass is 10.2. The molecule has 0 aliphatic carbocycles. The van der Waals surface area contributed by atoms with E-state index in [4.69, 9.17) is 0 Å². The van der Waals surface area contributed by atoms with Gasteiger partial charge in [-0.2, -0.15) is 0 Å². The normalized spacial score (nSPS) is 13.1. The molecule has 0 fully saturated rings. The Labute approximate surface area is 163 Å². The molecular formula is C19H21N3O3S2. The third kappa shape index (κ3) is 3.73. The van der Waals surface area contributed by atoms with Crippen molar-refractivity contribution in [1.82, 2.24) is 14.2 Å². The number of hydrogen-bond donors (Lipinski definition) is 0. The largest absolute Gasteiger partial charge is 0.333 e. The van der Waals surface area contributed by atoms with Gasteiger partial charge in [0.2, 0.25) is 10.0 Å². The predicted molar refractivity (Wildman–Crippen MR) is 107 cm³/mol. The smallest absolute Gasteiger partial charge is 0.254 e. The third-order valence-corrected chi connectivity index (χ3v) is 7.45. The Morgan fingerprint density at radius 3 is 2.44 bits per heavy atom. The molecule has 0 saturated carbocycles. The monoisotopic (exact) mass is 403 g/mol. The summed E-state index contributed by atoms with van der Waals surface area (Å²) in [6.45, 7) is 1.91. The fourth-order valence-electron chi connectivity index (χ4n) is 2.61. The summed E-state index contributed by atoms with van der Waals surface area (Å²) in [6.07, 6.45) is 0. The lowest BCUT2D eigenvalue weighted by Crippen LogP contribution is -2.30. The molecule has 8 heteroatoms. The third-order valence-electron chi connectivity index (χ3n) is 4.43. The number of thiazole rings is 1. The Morgan fingerprint density at radius 1 is 1.07 bits per heavy atom. The van der Waals surface area contributed by atoms with Crippen molar-refractivity contribution in [3.8, 4) is 0 Å². The molecule has 142 valence electrons. The van der Waals surface area contributed by atoms with Crippen LogP contribution in [0, 0.1) is 0 Å². The zero-order valence-corrected chi connectivity index (χ0v) is 17.2. The van der Waals surface area contributed by atoms with Gasteiger partial charge in [0.15, 0.2) is 0 Å². The molecule has 0 aliphatic heterocycles. The fraction of sp³-hybridized carbons (Fsp3) is 0.263. The van der Waals surface area contributed by atoms with Crippen LogP contribution in [-0.4, -0.2) is 49.7 Å². The molecule has 27 heavy (non-hydrogen) atoms. The predicted octanol–water partition coefficient (Wildman–Crippen LogP) is 3.38. The van der Waals surface area contributed by atoms with Crippen LogP contribution in [-0.2, 0) is 10.0 Å². The molecule has 3 rings (SSSR count). The Bertz CT molecular complexity index is 1060. The molecule has 0 saturated heterocycles. The van der Waals surface area contributed by atoms with Gasteiger partial charge in [0.1, 0.15) is 5.01 Å². The number of hydrogen-bond acceptors (Lipinski definition) is 5. The van der Waals surface area contributed by atoms with Crippen LogP contribution in [0.15, 0.2) is 53.4 Å². The minimum absolute atomic E-state index is 0.0967. The van der Waals surface area contributed by atoms with Crippen LogP contribution in [0.25, 0.3) is 10.2 Å². The van der Waals surface area contributed by atoms with Gasteiger partial charge in [-0.1, -0.05) is 18.2 Å². The maximum atomic E-state index is 12.9. The lowest BCUT2D eigenvalue weighted by Gasteiger charge is -2.23. The molecule has 2 aromatic carbocycles. The van der Waals surface area contributed by atoms with Crippen LogP contribution >= 0.6 is 11.3 Å². The summed E-state index contributed by atoms with van der Waals surface area (Å²) in [4.78, 5) is 19.2. The van der Waals surface area contributed by atoms with Crippen LogP contribution < -0.4 is 0 Å². The minimum atomic E-state index is -3.60. The highest BCUT2D eigenvalue weighted by Crippen LogP contribution is 2.29. The van der Waals surface area contributed by atoms with Crippen molar-refractivity contribution in [2.24, 2.45) is 0 Å². The van der Waals surface area contributed by atoms with Crippen LogP contribution in [0.5, 0.6) is 0 Å². The number of aromatic nitrogens is 1. The number of carbonyl (C=O) groups is 1. The summed E-state index contributed by atoms with van der Waals surface area (Å²) in [5.41, 5.74) is 1.23. The summed E-state index contributed by atoms with van der Waals surface area (Å²) in [7, 11) is 1.03. The molecule has 0 spiro atoms. The molecule has 0 radical (unpaired) electrons. The van der Waals surface area contributed by atoms with E-state index in [9.17, 15) is 13.2 Å². The Hall–Kier alpha value is -2.29. The van der Waals surface area contributed by atoms with Gasteiger partial charge in [-0.25, -0.2) is 17.7 Å². The SMILES string of the molecule is C[C@@H](c1nc2ccccc2s1)N(C)C(=O)c1cccc(S(=O)(=O)N(C)C)c1. The highest BCUT2D eigenvalue weighted by Gasteiger charge is 2.24. The molecule has 1 aromatic heterocycles. The molecule has 1 amide bonds. The lowest BCUT2D eigenvalue weighted by molar-refractivity contribution is 0.0742. The van der Waals surface area contributed by atoms with Gasteiger partial charge in [-0.15, -0.1) is 11.3 Å². The zero-order chi connectivity index (χ0) is 19.8. The average molecular weight is 404 g/mol. The first kappa shape index (κ1) is 19.5. The molecule has 0 bridgehead atoms. The highest BCUT2D eigenvalue weighted by atomic mass is 32.2. The van der Waals surface area contributed by atoms with Crippen molar-refractivity contribution in [1.29, 1.82) is 0 Å². The first-order valence-corrected chi connectivity index (χ1v) is 10.6. The van der Waals surface area contributed by atoms with Crippen molar-refractivity contribution >= 4 is 37.5 Å². The summed E-state index contributed by atoms with van der Waals surface area (Å²) in [5, 5.41) is 0.837. The quantitative estimate of drug-likeness (QED) is 0.655. The summed E-state index contributed by atoms with van der Waals surface area (Å²) < 4.78 is 26.8. The second-order valence-corrected chi connectivity index (χ2v) is 9.64. The van der Waals surface area contributed by atoms with E-state index in [0.717, 1.165) is 19.5 Å². The number of rotatable bonds is 5. The van der Waals surface area contributed by atoms with E-state index in [1.54, 1.807) is 35.4 Å². The van der Waals surface area contributed by atoms with Crippen molar-refractivity contribution in [3.63, 3.8) is 0 Å². The minimum Gasteiger partial charge on any atom is -0.333 e. The van der Waals surface area contributed by atoms with E-state index in [0.29, 0.717) is 5.56 Å². The standard InChI is InChI=1S/C19H21N3O3S2/c1-13(18-20-16-10-5-6-11-17(16)26-18)22(4)19(23)14-8-7-9-15(12-14)27(24,25)21(2)3/h5-13H,1-4H3/t13-/m0/s1.